The summed E-state index contributed by atoms with van der Waals surface area (Å²) in [5, 5.41) is 11.1. The Balaban J connectivity index is 2.00. The Labute approximate surface area is 165 Å². The third-order valence-corrected chi connectivity index (χ3v) is 6.70. The van der Waals surface area contributed by atoms with Crippen molar-refractivity contribution in [3.63, 3.8) is 0 Å². The van der Waals surface area contributed by atoms with E-state index < -0.39 is 6.09 Å². The average molecular weight is 477 g/mol. The van der Waals surface area contributed by atoms with Crippen LogP contribution in [0.1, 0.15) is 39.3 Å². The first-order valence-corrected chi connectivity index (χ1v) is 9.74. The van der Waals surface area contributed by atoms with E-state index in [4.69, 9.17) is 11.6 Å². The molecule has 25 heavy (non-hydrogen) atoms. The second kappa shape index (κ2) is 6.57. The number of carboxylic acid groups (broad SMARTS) is 1. The van der Waals surface area contributed by atoms with Crippen LogP contribution in [-0.4, -0.2) is 42.7 Å². The van der Waals surface area contributed by atoms with Crippen molar-refractivity contribution < 1.29 is 9.90 Å². The van der Waals surface area contributed by atoms with Gasteiger partial charge in [0, 0.05) is 21.9 Å². The Morgan fingerprint density at radius 1 is 1.40 bits per heavy atom. The molecule has 3 heterocycles. The number of hydrogen-bond acceptors (Lipinski definition) is 3. The first-order valence-electron chi connectivity index (χ1n) is 8.29. The minimum atomic E-state index is -0.848. The molecule has 0 radical (unpaired) electrons. The second-order valence-electron chi connectivity index (χ2n) is 7.68. The van der Waals surface area contributed by atoms with Crippen LogP contribution in [0.5, 0.6) is 0 Å². The maximum atomic E-state index is 11.9. The molecular formula is C17H22ClIN4O2. The van der Waals surface area contributed by atoms with Gasteiger partial charge in [-0.25, -0.2) is 14.8 Å². The molecule has 1 aliphatic heterocycles. The Morgan fingerprint density at radius 3 is 2.68 bits per heavy atom. The van der Waals surface area contributed by atoms with Gasteiger partial charge in [-0.1, -0.05) is 32.4 Å². The van der Waals surface area contributed by atoms with E-state index in [0.717, 1.165) is 33.1 Å². The van der Waals surface area contributed by atoms with E-state index >= 15 is 0 Å². The van der Waals surface area contributed by atoms with Gasteiger partial charge in [0.1, 0.15) is 17.1 Å². The van der Waals surface area contributed by atoms with E-state index in [2.05, 4.69) is 57.9 Å². The molecule has 3 rings (SSSR count). The predicted octanol–water partition coefficient (Wildman–Crippen LogP) is 4.55. The number of halogens is 2. The van der Waals surface area contributed by atoms with Gasteiger partial charge in [0.2, 0.25) is 0 Å². The molecule has 0 spiro atoms. The Morgan fingerprint density at radius 2 is 2.08 bits per heavy atom. The first kappa shape index (κ1) is 18.7. The molecule has 1 saturated heterocycles. The lowest BCUT2D eigenvalue weighted by Crippen LogP contribution is -2.47. The summed E-state index contributed by atoms with van der Waals surface area (Å²) in [6, 6.07) is -0.0463. The van der Waals surface area contributed by atoms with Crippen molar-refractivity contribution in [1.82, 2.24) is 19.4 Å². The topological polar surface area (TPSA) is 71.2 Å². The highest BCUT2D eigenvalue weighted by Crippen LogP contribution is 2.38. The molecule has 2 atom stereocenters. The van der Waals surface area contributed by atoms with Crippen LogP contribution >= 0.6 is 34.2 Å². The van der Waals surface area contributed by atoms with Gasteiger partial charge in [-0.15, -0.1) is 0 Å². The summed E-state index contributed by atoms with van der Waals surface area (Å²) in [7, 11) is 0. The molecule has 6 nitrogen and oxygen atoms in total. The van der Waals surface area contributed by atoms with Gasteiger partial charge in [0.05, 0.1) is 11.4 Å². The summed E-state index contributed by atoms with van der Waals surface area (Å²) < 4.78 is 3.10. The minimum Gasteiger partial charge on any atom is -0.465 e. The third kappa shape index (κ3) is 3.20. The van der Waals surface area contributed by atoms with Gasteiger partial charge in [-0.2, -0.15) is 0 Å². The van der Waals surface area contributed by atoms with Gasteiger partial charge in [0.25, 0.3) is 0 Å². The maximum Gasteiger partial charge on any atom is 0.407 e. The monoisotopic (exact) mass is 476 g/mol. The minimum absolute atomic E-state index is 0.0226. The lowest BCUT2D eigenvalue weighted by Gasteiger charge is -2.36. The number of likely N-dealkylation sites (tertiary alicyclic amines) is 1. The van der Waals surface area contributed by atoms with E-state index in [1.165, 1.54) is 6.33 Å². The Kier molecular flexibility index (Phi) is 4.91. The van der Waals surface area contributed by atoms with Gasteiger partial charge < -0.3 is 14.6 Å². The van der Waals surface area contributed by atoms with Crippen LogP contribution in [0.4, 0.5) is 4.79 Å². The molecule has 1 N–H and O–H groups in total. The van der Waals surface area contributed by atoms with Crippen LogP contribution < -0.4 is 0 Å². The number of fused-ring (bicyclic) bond motifs is 1. The quantitative estimate of drug-likeness (QED) is 0.510. The van der Waals surface area contributed by atoms with E-state index in [0.29, 0.717) is 11.7 Å². The molecule has 0 saturated carbocycles. The van der Waals surface area contributed by atoms with Gasteiger partial charge in [0.15, 0.2) is 0 Å². The van der Waals surface area contributed by atoms with Crippen molar-refractivity contribution in [3.05, 3.63) is 20.7 Å². The fourth-order valence-corrected chi connectivity index (χ4v) is 5.01. The standard InChI is InChI=1S/C17H22ClIN4O2/c1-9-13(19)12-14(18)20-8-21-15(12)22(9)7-10-5-6-11(17(2,3)4)23(10)16(24)25/h8,10-11H,5-7H2,1-4H3,(H,24,25). The third-order valence-electron chi connectivity index (χ3n) is 5.10. The van der Waals surface area contributed by atoms with Crippen molar-refractivity contribution in [1.29, 1.82) is 0 Å². The molecular weight excluding hydrogens is 455 g/mol. The highest BCUT2D eigenvalue weighted by atomic mass is 127. The number of rotatable bonds is 2. The Hall–Kier alpha value is -1.09. The van der Waals surface area contributed by atoms with E-state index in [9.17, 15) is 9.90 Å². The molecule has 2 aromatic heterocycles. The van der Waals surface area contributed by atoms with Crippen LogP contribution in [0.15, 0.2) is 6.33 Å². The zero-order chi connectivity index (χ0) is 18.5. The summed E-state index contributed by atoms with van der Waals surface area (Å²) in [5.41, 5.74) is 1.73. The maximum absolute atomic E-state index is 11.9. The number of aromatic nitrogens is 3. The number of amides is 1. The number of hydrogen-bond donors (Lipinski definition) is 1. The lowest BCUT2D eigenvalue weighted by molar-refractivity contribution is 0.0831. The molecule has 136 valence electrons. The molecule has 8 heteroatoms. The molecule has 1 amide bonds. The zero-order valence-electron chi connectivity index (χ0n) is 14.8. The highest BCUT2D eigenvalue weighted by molar-refractivity contribution is 14.1. The number of nitrogens with zero attached hydrogens (tertiary/aromatic N) is 4. The van der Waals surface area contributed by atoms with Gasteiger partial charge >= 0.3 is 6.09 Å². The lowest BCUT2D eigenvalue weighted by atomic mass is 9.85. The van der Waals surface area contributed by atoms with Crippen molar-refractivity contribution in [2.24, 2.45) is 5.41 Å². The number of carbonyl (C=O) groups is 1. The van der Waals surface area contributed by atoms with E-state index in [1.807, 2.05) is 6.92 Å². The van der Waals surface area contributed by atoms with Crippen molar-refractivity contribution >= 4 is 51.3 Å². The first-order chi connectivity index (χ1) is 11.6. The molecule has 1 fully saturated rings. The molecule has 0 bridgehead atoms. The van der Waals surface area contributed by atoms with Crippen LogP contribution in [-0.2, 0) is 6.54 Å². The molecule has 0 aromatic carbocycles. The van der Waals surface area contributed by atoms with Crippen molar-refractivity contribution in [2.45, 2.75) is 59.2 Å². The fourth-order valence-electron chi connectivity index (χ4n) is 3.84. The van der Waals surface area contributed by atoms with Crippen LogP contribution in [0, 0.1) is 15.9 Å². The summed E-state index contributed by atoms with van der Waals surface area (Å²) in [6.45, 7) is 8.89. The smallest absolute Gasteiger partial charge is 0.407 e. The van der Waals surface area contributed by atoms with Crippen molar-refractivity contribution in [3.8, 4) is 0 Å². The summed E-state index contributed by atoms with van der Waals surface area (Å²) in [4.78, 5) is 22.0. The van der Waals surface area contributed by atoms with Crippen LogP contribution in [0.25, 0.3) is 11.0 Å². The second-order valence-corrected chi connectivity index (χ2v) is 9.11. The fraction of sp³-hybridized carbons (Fsp3) is 0.588. The molecule has 2 unspecified atom stereocenters. The zero-order valence-corrected chi connectivity index (χ0v) is 17.7. The van der Waals surface area contributed by atoms with Gasteiger partial charge in [-0.3, -0.25) is 0 Å². The average Bonchev–Trinajstić information content (AvgIpc) is 3.04. The normalized spacial score (nSPS) is 21.3. The summed E-state index contributed by atoms with van der Waals surface area (Å²) >= 11 is 8.51. The molecule has 1 aliphatic rings. The van der Waals surface area contributed by atoms with Gasteiger partial charge in [-0.05, 0) is 47.8 Å². The SMILES string of the molecule is Cc1c(I)c2c(Cl)ncnc2n1CC1CCC(C(C)(C)C)N1C(=O)O. The van der Waals surface area contributed by atoms with Crippen LogP contribution in [0.3, 0.4) is 0 Å². The summed E-state index contributed by atoms with van der Waals surface area (Å²) in [6.07, 6.45) is 2.34. The van der Waals surface area contributed by atoms with Crippen molar-refractivity contribution in [2.75, 3.05) is 0 Å². The predicted molar refractivity (Wildman–Crippen MR) is 106 cm³/mol. The molecule has 2 aromatic rings. The molecule has 0 aliphatic carbocycles. The largest absolute Gasteiger partial charge is 0.465 e. The van der Waals surface area contributed by atoms with E-state index in [1.54, 1.807) is 4.90 Å². The highest BCUT2D eigenvalue weighted by Gasteiger charge is 2.43. The summed E-state index contributed by atoms with van der Waals surface area (Å²) in [5.74, 6) is 0. The van der Waals surface area contributed by atoms with E-state index in [-0.39, 0.29) is 17.5 Å². The van der Waals surface area contributed by atoms with Crippen LogP contribution in [0.2, 0.25) is 5.15 Å². The Bertz CT molecular complexity index is 830.